The highest BCUT2D eigenvalue weighted by atomic mass is 32.2. The first-order chi connectivity index (χ1) is 9.79. The maximum absolute atomic E-state index is 12.1. The van der Waals surface area contributed by atoms with Gasteiger partial charge in [-0.25, -0.2) is 13.6 Å². The van der Waals surface area contributed by atoms with E-state index in [1.807, 2.05) is 13.8 Å². The van der Waals surface area contributed by atoms with E-state index in [1.54, 1.807) is 12.1 Å². The summed E-state index contributed by atoms with van der Waals surface area (Å²) in [5, 5.41) is 8.01. The van der Waals surface area contributed by atoms with Gasteiger partial charge in [0, 0.05) is 18.7 Å². The van der Waals surface area contributed by atoms with Crippen LogP contribution in [-0.2, 0) is 21.4 Å². The summed E-state index contributed by atoms with van der Waals surface area (Å²) in [7, 11) is -2.45. The summed E-state index contributed by atoms with van der Waals surface area (Å²) >= 11 is 0. The van der Waals surface area contributed by atoms with Crippen LogP contribution in [0.3, 0.4) is 0 Å². The molecule has 6 nitrogen and oxygen atoms in total. The summed E-state index contributed by atoms with van der Waals surface area (Å²) < 4.78 is 28.2. The Morgan fingerprint density at radius 3 is 2.62 bits per heavy atom. The lowest BCUT2D eigenvalue weighted by atomic mass is 10.1. The van der Waals surface area contributed by atoms with Crippen molar-refractivity contribution in [3.63, 3.8) is 0 Å². The van der Waals surface area contributed by atoms with Crippen LogP contribution in [0.4, 0.5) is 0 Å². The molecule has 0 heterocycles. The number of nitrogens with two attached hydrogens (primary N) is 1. The van der Waals surface area contributed by atoms with Crippen molar-refractivity contribution >= 4 is 15.9 Å². The molecular weight excluding hydrogens is 292 g/mol. The largest absolute Gasteiger partial charge is 0.380 e. The number of rotatable bonds is 7. The van der Waals surface area contributed by atoms with Crippen LogP contribution in [0.1, 0.15) is 42.6 Å². The van der Waals surface area contributed by atoms with Crippen molar-refractivity contribution in [1.82, 2.24) is 5.32 Å². The van der Waals surface area contributed by atoms with E-state index < -0.39 is 10.0 Å². The number of primary sulfonamides is 1. The third-order valence-corrected chi connectivity index (χ3v) is 4.03. The van der Waals surface area contributed by atoms with Gasteiger partial charge in [0.15, 0.2) is 0 Å². The first-order valence-electron chi connectivity index (χ1n) is 6.75. The Hall–Kier alpha value is -1.44. The van der Waals surface area contributed by atoms with E-state index in [-0.39, 0.29) is 29.0 Å². The van der Waals surface area contributed by atoms with Crippen molar-refractivity contribution < 1.29 is 17.9 Å². The van der Waals surface area contributed by atoms with E-state index in [0.29, 0.717) is 5.56 Å². The third-order valence-electron chi connectivity index (χ3n) is 3.03. The maximum Gasteiger partial charge on any atom is 0.251 e. The number of nitrogens with one attached hydrogen (secondary N) is 1. The fourth-order valence-electron chi connectivity index (χ4n) is 2.05. The molecular formula is C14H22N2O4S. The topological polar surface area (TPSA) is 98.5 Å². The van der Waals surface area contributed by atoms with Crippen LogP contribution >= 0.6 is 0 Å². The lowest BCUT2D eigenvalue weighted by Crippen LogP contribution is -2.32. The van der Waals surface area contributed by atoms with Gasteiger partial charge >= 0.3 is 0 Å². The molecule has 0 aliphatic carbocycles. The SMILES string of the molecule is CCCC(C)NC(=O)c1ccc(COC)c(S(N)(=O)=O)c1. The minimum Gasteiger partial charge on any atom is -0.380 e. The summed E-state index contributed by atoms with van der Waals surface area (Å²) in [4.78, 5) is 12.0. The van der Waals surface area contributed by atoms with Crippen LogP contribution in [0.15, 0.2) is 23.1 Å². The highest BCUT2D eigenvalue weighted by Crippen LogP contribution is 2.18. The second-order valence-corrected chi connectivity index (χ2v) is 6.49. The van der Waals surface area contributed by atoms with Crippen LogP contribution in [0.2, 0.25) is 0 Å². The van der Waals surface area contributed by atoms with E-state index in [0.717, 1.165) is 12.8 Å². The molecule has 0 fully saturated rings. The number of hydrogen-bond acceptors (Lipinski definition) is 4. The number of methoxy groups -OCH3 is 1. The van der Waals surface area contributed by atoms with E-state index in [9.17, 15) is 13.2 Å². The minimum absolute atomic E-state index is 0.0269. The molecule has 0 saturated carbocycles. The predicted molar refractivity (Wildman–Crippen MR) is 80.4 cm³/mol. The third kappa shape index (κ3) is 5.11. The Morgan fingerprint density at radius 1 is 1.43 bits per heavy atom. The zero-order chi connectivity index (χ0) is 16.0. The Labute approximate surface area is 125 Å². The van der Waals surface area contributed by atoms with Gasteiger partial charge in [-0.2, -0.15) is 0 Å². The smallest absolute Gasteiger partial charge is 0.251 e. The second-order valence-electron chi connectivity index (χ2n) is 4.96. The zero-order valence-corrected chi connectivity index (χ0v) is 13.4. The van der Waals surface area contributed by atoms with Gasteiger partial charge < -0.3 is 10.1 Å². The fraction of sp³-hybridized carbons (Fsp3) is 0.500. The molecule has 118 valence electrons. The molecule has 0 aliphatic heterocycles. The van der Waals surface area contributed by atoms with E-state index >= 15 is 0 Å². The molecule has 3 N–H and O–H groups in total. The Bertz CT molecular complexity index is 599. The standard InChI is InChI=1S/C14H22N2O4S/c1-4-5-10(2)16-14(17)11-6-7-12(9-20-3)13(8-11)21(15,18)19/h6-8,10H,4-5,9H2,1-3H3,(H,16,17)(H2,15,18,19). The average molecular weight is 314 g/mol. The van der Waals surface area contributed by atoms with Crippen LogP contribution in [-0.4, -0.2) is 27.5 Å². The number of sulfonamides is 1. The zero-order valence-electron chi connectivity index (χ0n) is 12.5. The number of ether oxygens (including phenoxy) is 1. The Balaban J connectivity index is 3.08. The molecule has 0 spiro atoms. The van der Waals surface area contributed by atoms with Gasteiger partial charge in [0.2, 0.25) is 10.0 Å². The van der Waals surface area contributed by atoms with Gasteiger partial charge in [0.05, 0.1) is 11.5 Å². The molecule has 1 aromatic rings. The molecule has 0 bridgehead atoms. The molecule has 1 amide bonds. The van der Waals surface area contributed by atoms with Crippen molar-refractivity contribution in [2.24, 2.45) is 5.14 Å². The van der Waals surface area contributed by atoms with Crippen LogP contribution in [0.5, 0.6) is 0 Å². The highest BCUT2D eigenvalue weighted by molar-refractivity contribution is 7.89. The quantitative estimate of drug-likeness (QED) is 0.794. The van der Waals surface area contributed by atoms with Gasteiger partial charge in [-0.3, -0.25) is 4.79 Å². The molecule has 21 heavy (non-hydrogen) atoms. The van der Waals surface area contributed by atoms with E-state index in [1.165, 1.54) is 13.2 Å². The molecule has 1 rings (SSSR count). The van der Waals surface area contributed by atoms with Gasteiger partial charge in [0.25, 0.3) is 5.91 Å². The molecule has 0 radical (unpaired) electrons. The Morgan fingerprint density at radius 2 is 2.10 bits per heavy atom. The molecule has 0 saturated heterocycles. The summed E-state index contributed by atoms with van der Waals surface area (Å²) in [6, 6.07) is 4.43. The minimum atomic E-state index is -3.91. The normalized spacial score (nSPS) is 13.0. The monoisotopic (exact) mass is 314 g/mol. The first kappa shape index (κ1) is 17.6. The summed E-state index contributed by atoms with van der Waals surface area (Å²) in [6.45, 7) is 4.04. The molecule has 1 aromatic carbocycles. The number of carbonyl (C=O) groups excluding carboxylic acids is 1. The number of amides is 1. The van der Waals surface area contributed by atoms with Crippen LogP contribution in [0, 0.1) is 0 Å². The Kier molecular flexibility index (Phi) is 6.32. The summed E-state index contributed by atoms with van der Waals surface area (Å²) in [5.41, 5.74) is 0.694. The summed E-state index contributed by atoms with van der Waals surface area (Å²) in [6.07, 6.45) is 1.81. The molecule has 0 aliphatic rings. The lowest BCUT2D eigenvalue weighted by molar-refractivity contribution is 0.0938. The van der Waals surface area contributed by atoms with Crippen molar-refractivity contribution in [3.8, 4) is 0 Å². The van der Waals surface area contributed by atoms with Gasteiger partial charge in [0.1, 0.15) is 0 Å². The van der Waals surface area contributed by atoms with Crippen molar-refractivity contribution in [2.75, 3.05) is 7.11 Å². The first-order valence-corrected chi connectivity index (χ1v) is 8.29. The molecule has 7 heteroatoms. The maximum atomic E-state index is 12.1. The lowest BCUT2D eigenvalue weighted by Gasteiger charge is -2.14. The van der Waals surface area contributed by atoms with Crippen LogP contribution < -0.4 is 10.5 Å². The number of benzene rings is 1. The number of hydrogen-bond donors (Lipinski definition) is 2. The van der Waals surface area contributed by atoms with Crippen molar-refractivity contribution in [2.45, 2.75) is 44.2 Å². The van der Waals surface area contributed by atoms with Gasteiger partial charge in [-0.05, 0) is 31.0 Å². The second kappa shape index (κ2) is 7.53. The van der Waals surface area contributed by atoms with Crippen molar-refractivity contribution in [1.29, 1.82) is 0 Å². The van der Waals surface area contributed by atoms with Crippen molar-refractivity contribution in [3.05, 3.63) is 29.3 Å². The molecule has 1 atom stereocenters. The van der Waals surface area contributed by atoms with Crippen LogP contribution in [0.25, 0.3) is 0 Å². The molecule has 0 aromatic heterocycles. The average Bonchev–Trinajstić information content (AvgIpc) is 2.38. The summed E-state index contributed by atoms with van der Waals surface area (Å²) in [5.74, 6) is -0.315. The van der Waals surface area contributed by atoms with E-state index in [2.05, 4.69) is 5.32 Å². The predicted octanol–water partition coefficient (Wildman–Crippen LogP) is 1.40. The fourth-order valence-corrected chi connectivity index (χ4v) is 2.83. The van der Waals surface area contributed by atoms with E-state index in [4.69, 9.17) is 9.88 Å². The molecule has 1 unspecified atom stereocenters. The van der Waals surface area contributed by atoms with Gasteiger partial charge in [-0.15, -0.1) is 0 Å². The van der Waals surface area contributed by atoms with Gasteiger partial charge in [-0.1, -0.05) is 19.4 Å². The highest BCUT2D eigenvalue weighted by Gasteiger charge is 2.18. The number of carbonyl (C=O) groups is 1.